The molecule has 2 heterocycles. The number of hydrogen-bond donors (Lipinski definition) is 0. The predicted molar refractivity (Wildman–Crippen MR) is 68.2 cm³/mol. The molecule has 0 amide bonds. The summed E-state index contributed by atoms with van der Waals surface area (Å²) in [7, 11) is 0. The Morgan fingerprint density at radius 3 is 1.78 bits per heavy atom. The first kappa shape index (κ1) is 14.0. The number of hydrogen-bond acceptors (Lipinski definition) is 4. The van der Waals surface area contributed by atoms with Crippen LogP contribution in [0.3, 0.4) is 0 Å². The van der Waals surface area contributed by atoms with Crippen LogP contribution in [0.1, 0.15) is 38.5 Å². The van der Waals surface area contributed by atoms with E-state index in [2.05, 4.69) is 6.58 Å². The van der Waals surface area contributed by atoms with Gasteiger partial charge in [-0.05, 0) is 44.1 Å². The Morgan fingerprint density at radius 2 is 1.39 bits per heavy atom. The third-order valence-electron chi connectivity index (χ3n) is 3.22. The second-order valence-corrected chi connectivity index (χ2v) is 4.96. The predicted octanol–water partition coefficient (Wildman–Crippen LogP) is 2.63. The molecule has 4 nitrogen and oxygen atoms in total. The molecule has 18 heavy (non-hydrogen) atoms. The zero-order valence-electron chi connectivity index (χ0n) is 11.1. The van der Waals surface area contributed by atoms with Crippen LogP contribution in [-0.4, -0.2) is 39.0 Å². The molecule has 0 aliphatic carbocycles. The minimum atomic E-state index is -0.0542. The molecule has 0 bridgehead atoms. The SMILES string of the molecule is C=C(CO[C@@H]1CCCCO1)CO[C@H]1CCCCO1. The van der Waals surface area contributed by atoms with Crippen LogP contribution in [-0.2, 0) is 18.9 Å². The van der Waals surface area contributed by atoms with Crippen molar-refractivity contribution in [2.75, 3.05) is 26.4 Å². The van der Waals surface area contributed by atoms with Gasteiger partial charge in [-0.3, -0.25) is 0 Å². The van der Waals surface area contributed by atoms with Crippen molar-refractivity contribution < 1.29 is 18.9 Å². The zero-order valence-corrected chi connectivity index (χ0v) is 11.1. The highest BCUT2D eigenvalue weighted by atomic mass is 16.7. The van der Waals surface area contributed by atoms with E-state index < -0.39 is 0 Å². The number of ether oxygens (including phenoxy) is 4. The van der Waals surface area contributed by atoms with E-state index in [4.69, 9.17) is 18.9 Å². The fraction of sp³-hybridized carbons (Fsp3) is 0.857. The molecule has 4 heteroatoms. The van der Waals surface area contributed by atoms with Gasteiger partial charge in [0.2, 0.25) is 0 Å². The van der Waals surface area contributed by atoms with E-state index in [0.717, 1.165) is 44.5 Å². The Bertz CT molecular complexity index is 218. The van der Waals surface area contributed by atoms with Gasteiger partial charge in [0.05, 0.1) is 13.2 Å². The Morgan fingerprint density at radius 1 is 0.889 bits per heavy atom. The van der Waals surface area contributed by atoms with Crippen molar-refractivity contribution in [2.45, 2.75) is 51.1 Å². The van der Waals surface area contributed by atoms with E-state index in [1.807, 2.05) is 0 Å². The van der Waals surface area contributed by atoms with Crippen LogP contribution in [0.15, 0.2) is 12.2 Å². The largest absolute Gasteiger partial charge is 0.353 e. The van der Waals surface area contributed by atoms with Crippen molar-refractivity contribution in [2.24, 2.45) is 0 Å². The molecule has 0 unspecified atom stereocenters. The Hall–Kier alpha value is -0.420. The lowest BCUT2D eigenvalue weighted by Crippen LogP contribution is -2.25. The maximum Gasteiger partial charge on any atom is 0.158 e. The fourth-order valence-electron chi connectivity index (χ4n) is 2.15. The summed E-state index contributed by atoms with van der Waals surface area (Å²) in [5, 5.41) is 0. The maximum absolute atomic E-state index is 5.64. The van der Waals surface area contributed by atoms with Gasteiger partial charge in [-0.15, -0.1) is 0 Å². The summed E-state index contributed by atoms with van der Waals surface area (Å²) in [6.45, 7) is 6.60. The van der Waals surface area contributed by atoms with Crippen LogP contribution in [0.5, 0.6) is 0 Å². The molecule has 2 rings (SSSR count). The van der Waals surface area contributed by atoms with Crippen molar-refractivity contribution in [1.82, 2.24) is 0 Å². The first-order valence-electron chi connectivity index (χ1n) is 6.97. The second-order valence-electron chi connectivity index (χ2n) is 4.96. The average Bonchev–Trinajstić information content (AvgIpc) is 2.45. The summed E-state index contributed by atoms with van der Waals surface area (Å²) in [6, 6.07) is 0. The molecule has 2 atom stereocenters. The first-order valence-corrected chi connectivity index (χ1v) is 6.97. The summed E-state index contributed by atoms with van der Waals surface area (Å²) < 4.78 is 22.3. The van der Waals surface area contributed by atoms with E-state index in [-0.39, 0.29) is 12.6 Å². The third kappa shape index (κ3) is 5.06. The van der Waals surface area contributed by atoms with Crippen LogP contribution in [0.2, 0.25) is 0 Å². The van der Waals surface area contributed by atoms with Crippen LogP contribution in [0.25, 0.3) is 0 Å². The van der Waals surface area contributed by atoms with E-state index in [1.54, 1.807) is 0 Å². The van der Waals surface area contributed by atoms with Gasteiger partial charge in [0.15, 0.2) is 12.6 Å². The molecule has 0 spiro atoms. The summed E-state index contributed by atoms with van der Waals surface area (Å²) >= 11 is 0. The first-order chi connectivity index (χ1) is 8.84. The van der Waals surface area contributed by atoms with Crippen LogP contribution in [0, 0.1) is 0 Å². The molecular formula is C14H24O4. The Labute approximate surface area is 109 Å². The summed E-state index contributed by atoms with van der Waals surface area (Å²) in [4.78, 5) is 0. The molecule has 2 fully saturated rings. The minimum absolute atomic E-state index is 0.0542. The van der Waals surface area contributed by atoms with Crippen molar-refractivity contribution >= 4 is 0 Å². The molecule has 2 aliphatic heterocycles. The van der Waals surface area contributed by atoms with E-state index >= 15 is 0 Å². The van der Waals surface area contributed by atoms with Gasteiger partial charge in [-0.2, -0.15) is 0 Å². The maximum atomic E-state index is 5.64. The van der Waals surface area contributed by atoms with Gasteiger partial charge in [0, 0.05) is 13.2 Å². The molecular weight excluding hydrogens is 232 g/mol. The fourth-order valence-corrected chi connectivity index (χ4v) is 2.15. The lowest BCUT2D eigenvalue weighted by molar-refractivity contribution is -0.168. The Balaban J connectivity index is 1.54. The van der Waals surface area contributed by atoms with Crippen molar-refractivity contribution in [3.63, 3.8) is 0 Å². The zero-order chi connectivity index (χ0) is 12.6. The molecule has 2 saturated heterocycles. The normalized spacial score (nSPS) is 29.1. The Kier molecular flexibility index (Phi) is 6.14. The smallest absolute Gasteiger partial charge is 0.158 e. The van der Waals surface area contributed by atoms with Crippen molar-refractivity contribution in [3.05, 3.63) is 12.2 Å². The lowest BCUT2D eigenvalue weighted by Gasteiger charge is -2.25. The molecule has 2 aliphatic rings. The molecule has 0 radical (unpaired) electrons. The monoisotopic (exact) mass is 256 g/mol. The standard InChI is InChI=1S/C14H24O4/c1-12(10-17-13-6-2-4-8-15-13)11-18-14-7-3-5-9-16-14/h13-14H,1-11H2/t13-,14+. The summed E-state index contributed by atoms with van der Waals surface area (Å²) in [5.41, 5.74) is 0.943. The topological polar surface area (TPSA) is 36.9 Å². The molecule has 0 N–H and O–H groups in total. The van der Waals surface area contributed by atoms with Gasteiger partial charge < -0.3 is 18.9 Å². The highest BCUT2D eigenvalue weighted by Crippen LogP contribution is 2.16. The molecule has 0 saturated carbocycles. The quantitative estimate of drug-likeness (QED) is 0.685. The molecule has 0 aromatic carbocycles. The van der Waals surface area contributed by atoms with Crippen LogP contribution >= 0.6 is 0 Å². The van der Waals surface area contributed by atoms with Crippen molar-refractivity contribution in [3.8, 4) is 0 Å². The highest BCUT2D eigenvalue weighted by molar-refractivity contribution is 4.94. The molecule has 0 aromatic rings. The van der Waals surface area contributed by atoms with E-state index in [0.29, 0.717) is 13.2 Å². The van der Waals surface area contributed by atoms with Crippen LogP contribution < -0.4 is 0 Å². The number of rotatable bonds is 6. The highest BCUT2D eigenvalue weighted by Gasteiger charge is 2.16. The van der Waals surface area contributed by atoms with Crippen LogP contribution in [0.4, 0.5) is 0 Å². The molecule has 0 aromatic heterocycles. The molecule has 104 valence electrons. The lowest BCUT2D eigenvalue weighted by atomic mass is 10.2. The van der Waals surface area contributed by atoms with Gasteiger partial charge in [-0.1, -0.05) is 6.58 Å². The van der Waals surface area contributed by atoms with Gasteiger partial charge in [0.1, 0.15) is 0 Å². The van der Waals surface area contributed by atoms with E-state index in [1.165, 1.54) is 12.8 Å². The van der Waals surface area contributed by atoms with Crippen molar-refractivity contribution in [1.29, 1.82) is 0 Å². The van der Waals surface area contributed by atoms with Gasteiger partial charge in [-0.25, -0.2) is 0 Å². The average molecular weight is 256 g/mol. The second kappa shape index (κ2) is 7.89. The van der Waals surface area contributed by atoms with Gasteiger partial charge >= 0.3 is 0 Å². The summed E-state index contributed by atoms with van der Waals surface area (Å²) in [5.74, 6) is 0. The minimum Gasteiger partial charge on any atom is -0.353 e. The van der Waals surface area contributed by atoms with E-state index in [9.17, 15) is 0 Å². The summed E-state index contributed by atoms with van der Waals surface area (Å²) in [6.07, 6.45) is 6.52. The van der Waals surface area contributed by atoms with Gasteiger partial charge in [0.25, 0.3) is 0 Å². The third-order valence-corrected chi connectivity index (χ3v) is 3.22.